The second-order valence-electron chi connectivity index (χ2n) is 13.1. The highest BCUT2D eigenvalue weighted by Crippen LogP contribution is 2.44. The van der Waals surface area contributed by atoms with Crippen molar-refractivity contribution >= 4 is 53.4 Å². The van der Waals surface area contributed by atoms with Crippen molar-refractivity contribution in [1.29, 1.82) is 0 Å². The number of rotatable bonds is 8. The number of nitrogens with zero attached hydrogens (tertiary/aromatic N) is 8. The molecule has 0 N–H and O–H groups in total. The molecule has 0 spiro atoms. The minimum absolute atomic E-state index is 0.0102. The molecule has 0 aliphatic rings. The number of hydrogen-bond donors (Lipinski definition) is 0. The van der Waals surface area contributed by atoms with Crippen LogP contribution in [0.5, 0.6) is 23.0 Å². The minimum Gasteiger partial charge on any atom is -0.456 e. The van der Waals surface area contributed by atoms with E-state index in [2.05, 4.69) is 51.6 Å². The van der Waals surface area contributed by atoms with E-state index in [1.165, 1.54) is 6.33 Å². The summed E-state index contributed by atoms with van der Waals surface area (Å²) >= 11 is 0. The Hall–Kier alpha value is -7.51. The van der Waals surface area contributed by atoms with Crippen molar-refractivity contribution in [2.75, 3.05) is 6.26 Å². The third-order valence-corrected chi connectivity index (χ3v) is 10.7. The number of fused-ring (bicyclic) bond motifs is 6. The minimum atomic E-state index is -3.98. The Balaban J connectivity index is 1.15. The van der Waals surface area contributed by atoms with Gasteiger partial charge in [-0.1, -0.05) is 48.5 Å². The van der Waals surface area contributed by atoms with E-state index in [4.69, 9.17) is 9.47 Å². The van der Waals surface area contributed by atoms with Crippen molar-refractivity contribution < 1.29 is 17.9 Å². The van der Waals surface area contributed by atoms with Crippen LogP contribution in [0, 0.1) is 0 Å². The van der Waals surface area contributed by atoms with Crippen molar-refractivity contribution in [3.05, 3.63) is 152 Å². The molecular formula is C43H28N8O4S. The molecule has 0 saturated heterocycles. The lowest BCUT2D eigenvalue weighted by Crippen LogP contribution is -2.05. The van der Waals surface area contributed by atoms with E-state index in [0.29, 0.717) is 17.1 Å². The Labute approximate surface area is 319 Å². The highest BCUT2D eigenvalue weighted by atomic mass is 32.2. The summed E-state index contributed by atoms with van der Waals surface area (Å²) in [6.45, 7) is 0. The first-order chi connectivity index (χ1) is 27.4. The molecule has 0 bridgehead atoms. The average Bonchev–Trinajstić information content (AvgIpc) is 3.73. The number of para-hydroxylation sites is 2. The van der Waals surface area contributed by atoms with E-state index >= 15 is 0 Å². The molecule has 0 amide bonds. The van der Waals surface area contributed by atoms with Gasteiger partial charge in [0.2, 0.25) is 5.82 Å². The molecule has 13 heteroatoms. The standard InChI is InChI=1S/C43H28N8O4S/c1-56(52,53)42-38(54-28-16-18-32-30-10-2-4-12-34(30)50(36(32)24-28)40-14-6-8-20-44-40)22-27(43-48-46-26-47-49-43)23-39(42)55-29-17-19-33-31-11-3-5-13-35(31)51(37(33)25-29)41-15-7-9-21-45-41/h2-26H,1H3. The summed E-state index contributed by atoms with van der Waals surface area (Å²) in [6.07, 6.45) is 5.82. The number of hydrogen-bond acceptors (Lipinski definition) is 10. The van der Waals surface area contributed by atoms with Crippen LogP contribution in [-0.4, -0.2) is 54.2 Å². The van der Waals surface area contributed by atoms with Gasteiger partial charge in [0.05, 0.1) is 22.1 Å². The van der Waals surface area contributed by atoms with Gasteiger partial charge in [0.1, 0.15) is 23.1 Å². The van der Waals surface area contributed by atoms with Crippen molar-refractivity contribution in [1.82, 2.24) is 39.5 Å². The molecule has 270 valence electrons. The third kappa shape index (κ3) is 5.65. The predicted molar refractivity (Wildman–Crippen MR) is 213 cm³/mol. The van der Waals surface area contributed by atoms with Gasteiger partial charge in [-0.05, 0) is 72.8 Å². The molecule has 0 fully saturated rings. The SMILES string of the molecule is CS(=O)(=O)c1c(Oc2ccc3c4ccccc4n(-c4ccccn4)c3c2)cc(-c2nncnn2)cc1Oc1ccc2c3ccccc3n(-c3ccccn3)c2c1. The number of ether oxygens (including phenoxy) is 2. The zero-order chi connectivity index (χ0) is 37.8. The maximum absolute atomic E-state index is 13.8. The Morgan fingerprint density at radius 2 is 0.982 bits per heavy atom. The molecule has 0 saturated carbocycles. The predicted octanol–water partition coefficient (Wildman–Crippen LogP) is 8.91. The average molecular weight is 753 g/mol. The highest BCUT2D eigenvalue weighted by molar-refractivity contribution is 7.91. The van der Waals surface area contributed by atoms with Crippen LogP contribution in [0.25, 0.3) is 66.6 Å². The van der Waals surface area contributed by atoms with Crippen molar-refractivity contribution in [2.45, 2.75) is 4.90 Å². The maximum Gasteiger partial charge on any atom is 0.203 e. The highest BCUT2D eigenvalue weighted by Gasteiger charge is 2.26. The summed E-state index contributed by atoms with van der Waals surface area (Å²) in [5.74, 6) is 2.40. The van der Waals surface area contributed by atoms with Crippen LogP contribution < -0.4 is 9.47 Å². The smallest absolute Gasteiger partial charge is 0.203 e. The van der Waals surface area contributed by atoms with Gasteiger partial charge in [-0.25, -0.2) is 18.4 Å². The second-order valence-corrected chi connectivity index (χ2v) is 15.0. The van der Waals surface area contributed by atoms with Crippen LogP contribution in [0.1, 0.15) is 0 Å². The zero-order valence-corrected chi connectivity index (χ0v) is 30.4. The van der Waals surface area contributed by atoms with Crippen LogP contribution in [0.2, 0.25) is 0 Å². The Morgan fingerprint density at radius 3 is 1.45 bits per heavy atom. The normalized spacial score (nSPS) is 11.8. The van der Waals surface area contributed by atoms with E-state index in [1.807, 2.05) is 109 Å². The zero-order valence-electron chi connectivity index (χ0n) is 29.6. The molecule has 5 aromatic heterocycles. The Bertz CT molecular complexity index is 3050. The topological polar surface area (TPSA) is 140 Å². The van der Waals surface area contributed by atoms with Crippen LogP contribution in [0.4, 0.5) is 0 Å². The molecule has 5 aromatic carbocycles. The van der Waals surface area contributed by atoms with E-state index in [9.17, 15) is 8.42 Å². The molecule has 5 heterocycles. The summed E-state index contributed by atoms with van der Waals surface area (Å²) in [4.78, 5) is 9.10. The van der Waals surface area contributed by atoms with Crippen molar-refractivity contribution in [2.24, 2.45) is 0 Å². The maximum atomic E-state index is 13.8. The van der Waals surface area contributed by atoms with E-state index in [-0.39, 0.29) is 22.2 Å². The van der Waals surface area contributed by atoms with Crippen molar-refractivity contribution in [3.8, 4) is 46.0 Å². The fraction of sp³-hybridized carbons (Fsp3) is 0.0233. The molecule has 0 atom stereocenters. The third-order valence-electron chi connectivity index (χ3n) is 9.56. The Morgan fingerprint density at radius 1 is 0.518 bits per heavy atom. The summed E-state index contributed by atoms with van der Waals surface area (Å²) < 4.78 is 44.8. The number of pyridine rings is 2. The summed E-state index contributed by atoms with van der Waals surface area (Å²) in [5, 5.41) is 20.1. The monoisotopic (exact) mass is 752 g/mol. The van der Waals surface area contributed by atoms with Crippen LogP contribution in [0.15, 0.2) is 157 Å². The Kier molecular flexibility index (Phi) is 7.74. The first-order valence-corrected chi connectivity index (χ1v) is 19.4. The van der Waals surface area contributed by atoms with Crippen LogP contribution in [0.3, 0.4) is 0 Å². The largest absolute Gasteiger partial charge is 0.456 e. The van der Waals surface area contributed by atoms with E-state index in [1.54, 1.807) is 24.5 Å². The van der Waals surface area contributed by atoms with Gasteiger partial charge in [-0.2, -0.15) is 0 Å². The quantitative estimate of drug-likeness (QED) is 0.148. The van der Waals surface area contributed by atoms with Gasteiger partial charge < -0.3 is 9.47 Å². The van der Waals surface area contributed by atoms with Gasteiger partial charge in [0.15, 0.2) is 32.6 Å². The van der Waals surface area contributed by atoms with Crippen LogP contribution in [-0.2, 0) is 9.84 Å². The summed E-state index contributed by atoms with van der Waals surface area (Å²) in [5.41, 5.74) is 3.97. The van der Waals surface area contributed by atoms with Gasteiger partial charge in [0.25, 0.3) is 0 Å². The number of sulfone groups is 1. The lowest BCUT2D eigenvalue weighted by molar-refractivity contribution is 0.436. The van der Waals surface area contributed by atoms with Gasteiger partial charge in [0, 0.05) is 57.9 Å². The number of benzene rings is 5. The van der Waals surface area contributed by atoms with Crippen molar-refractivity contribution in [3.63, 3.8) is 0 Å². The molecule has 10 rings (SSSR count). The molecule has 56 heavy (non-hydrogen) atoms. The molecule has 10 aromatic rings. The molecule has 12 nitrogen and oxygen atoms in total. The molecule has 0 aliphatic carbocycles. The van der Waals surface area contributed by atoms with Gasteiger partial charge >= 0.3 is 0 Å². The van der Waals surface area contributed by atoms with E-state index in [0.717, 1.165) is 61.5 Å². The fourth-order valence-electron chi connectivity index (χ4n) is 7.29. The lowest BCUT2D eigenvalue weighted by Gasteiger charge is -2.17. The van der Waals surface area contributed by atoms with Crippen LogP contribution >= 0.6 is 0 Å². The van der Waals surface area contributed by atoms with E-state index < -0.39 is 9.84 Å². The second kappa shape index (κ2) is 13.1. The van der Waals surface area contributed by atoms with Gasteiger partial charge in [-0.3, -0.25) is 9.13 Å². The first-order valence-electron chi connectivity index (χ1n) is 17.5. The molecule has 0 unspecified atom stereocenters. The summed E-state index contributed by atoms with van der Waals surface area (Å²) in [7, 11) is -3.98. The number of aromatic nitrogens is 8. The fourth-order valence-corrected chi connectivity index (χ4v) is 8.22. The van der Waals surface area contributed by atoms with Gasteiger partial charge in [-0.15, -0.1) is 20.4 Å². The molecular weight excluding hydrogens is 725 g/mol. The lowest BCUT2D eigenvalue weighted by atomic mass is 10.1. The first kappa shape index (κ1) is 33.1. The molecule has 0 aliphatic heterocycles. The summed E-state index contributed by atoms with van der Waals surface area (Å²) in [6, 6.07) is 42.0. The molecule has 0 radical (unpaired) electrons.